The van der Waals surface area contributed by atoms with Gasteiger partial charge in [-0.1, -0.05) is 17.7 Å². The van der Waals surface area contributed by atoms with Gasteiger partial charge in [0.15, 0.2) is 0 Å². The van der Waals surface area contributed by atoms with Gasteiger partial charge in [0, 0.05) is 31.9 Å². The molecule has 0 atom stereocenters. The number of carbonyl (C=O) groups excluding carboxylic acids is 2. The number of ether oxygens (including phenoxy) is 1. The van der Waals surface area contributed by atoms with Gasteiger partial charge in [-0.05, 0) is 32.4 Å². The van der Waals surface area contributed by atoms with Gasteiger partial charge >= 0.3 is 6.09 Å². The second kappa shape index (κ2) is 7.97. The summed E-state index contributed by atoms with van der Waals surface area (Å²) in [5.74, 6) is -0.0264. The highest BCUT2D eigenvalue weighted by Gasteiger charge is 2.23. The van der Waals surface area contributed by atoms with E-state index in [0.29, 0.717) is 39.3 Å². The largest absolute Gasteiger partial charge is 0.450 e. The number of benzene rings is 1. The first-order valence-electron chi connectivity index (χ1n) is 8.00. The Labute approximate surface area is 137 Å². The van der Waals surface area contributed by atoms with Crippen molar-refractivity contribution in [3.05, 3.63) is 29.3 Å². The molecule has 2 amide bonds. The first-order chi connectivity index (χ1) is 11.0. The van der Waals surface area contributed by atoms with Gasteiger partial charge in [0.05, 0.1) is 13.2 Å². The molecule has 1 aromatic carbocycles. The van der Waals surface area contributed by atoms with Gasteiger partial charge < -0.3 is 15.0 Å². The summed E-state index contributed by atoms with van der Waals surface area (Å²) in [6.07, 6.45) is -0.271. The van der Waals surface area contributed by atoms with E-state index in [1.807, 2.05) is 32.0 Å². The van der Waals surface area contributed by atoms with E-state index in [1.54, 1.807) is 11.8 Å². The van der Waals surface area contributed by atoms with Gasteiger partial charge in [0.2, 0.25) is 5.91 Å². The topological polar surface area (TPSA) is 61.9 Å². The van der Waals surface area contributed by atoms with Crippen molar-refractivity contribution in [1.29, 1.82) is 0 Å². The zero-order valence-corrected chi connectivity index (χ0v) is 14.1. The summed E-state index contributed by atoms with van der Waals surface area (Å²) < 4.78 is 4.99. The van der Waals surface area contributed by atoms with Crippen molar-refractivity contribution in [2.75, 3.05) is 44.6 Å². The van der Waals surface area contributed by atoms with E-state index in [9.17, 15) is 9.59 Å². The highest BCUT2D eigenvalue weighted by molar-refractivity contribution is 5.93. The fourth-order valence-corrected chi connectivity index (χ4v) is 2.65. The fraction of sp³-hybridized carbons (Fsp3) is 0.529. The van der Waals surface area contributed by atoms with Gasteiger partial charge in [0.25, 0.3) is 0 Å². The standard InChI is InChI=1S/C17H25N3O3/c1-4-23-17(22)20-9-7-19(8-10-20)12-16(21)18-15-6-5-13(2)11-14(15)3/h5-6,11H,4,7-10,12H2,1-3H3,(H,18,21). The maximum atomic E-state index is 12.2. The van der Waals surface area contributed by atoms with Gasteiger partial charge in [0.1, 0.15) is 0 Å². The summed E-state index contributed by atoms with van der Waals surface area (Å²) in [6.45, 7) is 9.08. The Hall–Kier alpha value is -2.08. The first-order valence-corrected chi connectivity index (χ1v) is 8.00. The smallest absolute Gasteiger partial charge is 0.409 e. The van der Waals surface area contributed by atoms with E-state index in [2.05, 4.69) is 10.2 Å². The molecule has 0 saturated carbocycles. The second-order valence-electron chi connectivity index (χ2n) is 5.83. The van der Waals surface area contributed by atoms with Crippen molar-refractivity contribution in [2.45, 2.75) is 20.8 Å². The molecule has 0 bridgehead atoms. The molecule has 1 heterocycles. The molecule has 1 N–H and O–H groups in total. The molecule has 6 heteroatoms. The molecule has 23 heavy (non-hydrogen) atoms. The molecular weight excluding hydrogens is 294 g/mol. The van der Waals surface area contributed by atoms with Crippen LogP contribution in [0.25, 0.3) is 0 Å². The number of nitrogens with one attached hydrogen (secondary N) is 1. The van der Waals surface area contributed by atoms with E-state index in [1.165, 1.54) is 5.56 Å². The van der Waals surface area contributed by atoms with Crippen molar-refractivity contribution in [3.8, 4) is 0 Å². The molecule has 1 aliphatic rings. The lowest BCUT2D eigenvalue weighted by Gasteiger charge is -2.33. The van der Waals surface area contributed by atoms with Crippen molar-refractivity contribution >= 4 is 17.7 Å². The van der Waals surface area contributed by atoms with Crippen molar-refractivity contribution in [3.63, 3.8) is 0 Å². The van der Waals surface area contributed by atoms with Crippen LogP contribution in [-0.4, -0.2) is 61.1 Å². The zero-order chi connectivity index (χ0) is 16.8. The number of rotatable bonds is 4. The monoisotopic (exact) mass is 319 g/mol. The third kappa shape index (κ3) is 4.96. The summed E-state index contributed by atoms with van der Waals surface area (Å²) in [6, 6.07) is 5.97. The minimum Gasteiger partial charge on any atom is -0.450 e. The third-order valence-electron chi connectivity index (χ3n) is 3.92. The number of piperazine rings is 1. The van der Waals surface area contributed by atoms with Crippen LogP contribution in [0.2, 0.25) is 0 Å². The molecule has 1 saturated heterocycles. The van der Waals surface area contributed by atoms with Crippen LogP contribution in [0.3, 0.4) is 0 Å². The zero-order valence-electron chi connectivity index (χ0n) is 14.1. The predicted molar refractivity (Wildman–Crippen MR) is 89.6 cm³/mol. The van der Waals surface area contributed by atoms with E-state index in [0.717, 1.165) is 11.3 Å². The minimum absolute atomic E-state index is 0.0264. The molecular formula is C17H25N3O3. The second-order valence-corrected chi connectivity index (χ2v) is 5.83. The molecule has 1 fully saturated rings. The highest BCUT2D eigenvalue weighted by Crippen LogP contribution is 2.16. The first kappa shape index (κ1) is 17.3. The van der Waals surface area contributed by atoms with Crippen LogP contribution in [0.5, 0.6) is 0 Å². The molecule has 0 spiro atoms. The highest BCUT2D eigenvalue weighted by atomic mass is 16.6. The Morgan fingerprint density at radius 3 is 2.48 bits per heavy atom. The molecule has 0 radical (unpaired) electrons. The van der Waals surface area contributed by atoms with Crippen molar-refractivity contribution < 1.29 is 14.3 Å². The molecule has 0 aromatic heterocycles. The molecule has 1 aromatic rings. The quantitative estimate of drug-likeness (QED) is 0.922. The predicted octanol–water partition coefficient (Wildman–Crippen LogP) is 2.02. The summed E-state index contributed by atoms with van der Waals surface area (Å²) in [5.41, 5.74) is 3.09. The van der Waals surface area contributed by atoms with Crippen molar-refractivity contribution in [2.24, 2.45) is 0 Å². The molecule has 0 unspecified atom stereocenters. The number of hydrogen-bond donors (Lipinski definition) is 1. The maximum Gasteiger partial charge on any atom is 0.409 e. The SMILES string of the molecule is CCOC(=O)N1CCN(CC(=O)Nc2ccc(C)cc2C)CC1. The molecule has 1 aliphatic heterocycles. The van der Waals surface area contributed by atoms with Crippen LogP contribution in [0, 0.1) is 13.8 Å². The Balaban J connectivity index is 1.79. The van der Waals surface area contributed by atoms with E-state index in [-0.39, 0.29) is 12.0 Å². The average molecular weight is 319 g/mol. The van der Waals surface area contributed by atoms with Crippen LogP contribution in [0.1, 0.15) is 18.1 Å². The Morgan fingerprint density at radius 1 is 1.17 bits per heavy atom. The normalized spacial score (nSPS) is 15.3. The summed E-state index contributed by atoms with van der Waals surface area (Å²) in [7, 11) is 0. The van der Waals surface area contributed by atoms with E-state index in [4.69, 9.17) is 4.74 Å². The maximum absolute atomic E-state index is 12.2. The number of amides is 2. The van der Waals surface area contributed by atoms with Crippen LogP contribution < -0.4 is 5.32 Å². The molecule has 6 nitrogen and oxygen atoms in total. The van der Waals surface area contributed by atoms with Gasteiger partial charge in [-0.25, -0.2) is 4.79 Å². The number of nitrogens with zero attached hydrogens (tertiary/aromatic N) is 2. The minimum atomic E-state index is -0.271. The van der Waals surface area contributed by atoms with Gasteiger partial charge in [-0.2, -0.15) is 0 Å². The lowest BCUT2D eigenvalue weighted by Crippen LogP contribution is -2.50. The van der Waals surface area contributed by atoms with Crippen molar-refractivity contribution in [1.82, 2.24) is 9.80 Å². The fourth-order valence-electron chi connectivity index (χ4n) is 2.65. The number of anilines is 1. The Morgan fingerprint density at radius 2 is 1.87 bits per heavy atom. The molecule has 0 aliphatic carbocycles. The lowest BCUT2D eigenvalue weighted by atomic mass is 10.1. The third-order valence-corrected chi connectivity index (χ3v) is 3.92. The molecule has 2 rings (SSSR count). The average Bonchev–Trinajstić information content (AvgIpc) is 2.51. The van der Waals surface area contributed by atoms with Crippen LogP contribution >= 0.6 is 0 Å². The van der Waals surface area contributed by atoms with Crippen LogP contribution in [0.15, 0.2) is 18.2 Å². The van der Waals surface area contributed by atoms with E-state index >= 15 is 0 Å². The van der Waals surface area contributed by atoms with Crippen LogP contribution in [0.4, 0.5) is 10.5 Å². The number of carbonyl (C=O) groups is 2. The van der Waals surface area contributed by atoms with Gasteiger partial charge in [-0.15, -0.1) is 0 Å². The lowest BCUT2D eigenvalue weighted by molar-refractivity contribution is -0.117. The summed E-state index contributed by atoms with van der Waals surface area (Å²) in [5, 5.41) is 2.95. The van der Waals surface area contributed by atoms with Crippen LogP contribution in [-0.2, 0) is 9.53 Å². The number of aryl methyl sites for hydroxylation is 2. The summed E-state index contributed by atoms with van der Waals surface area (Å²) >= 11 is 0. The van der Waals surface area contributed by atoms with Gasteiger partial charge in [-0.3, -0.25) is 9.69 Å². The number of hydrogen-bond acceptors (Lipinski definition) is 4. The van der Waals surface area contributed by atoms with E-state index < -0.39 is 0 Å². The molecule has 126 valence electrons. The summed E-state index contributed by atoms with van der Waals surface area (Å²) in [4.78, 5) is 27.5. The Kier molecular flexibility index (Phi) is 5.98. The Bertz CT molecular complexity index is 566.